The molecule has 0 fully saturated rings. The zero-order valence-corrected chi connectivity index (χ0v) is 9.16. The third-order valence-corrected chi connectivity index (χ3v) is 2.16. The van der Waals surface area contributed by atoms with Crippen molar-refractivity contribution in [3.63, 3.8) is 0 Å². The van der Waals surface area contributed by atoms with E-state index in [0.29, 0.717) is 5.69 Å². The van der Waals surface area contributed by atoms with Gasteiger partial charge in [0.15, 0.2) is 0 Å². The van der Waals surface area contributed by atoms with Gasteiger partial charge in [-0.3, -0.25) is 0 Å². The van der Waals surface area contributed by atoms with Gasteiger partial charge in [0, 0.05) is 11.7 Å². The molecule has 1 rings (SSSR count). The van der Waals surface area contributed by atoms with Crippen molar-refractivity contribution in [2.24, 2.45) is 0 Å². The topological polar surface area (TPSA) is 12.0 Å². The van der Waals surface area contributed by atoms with Crippen LogP contribution in [0.25, 0.3) is 0 Å². The van der Waals surface area contributed by atoms with Gasteiger partial charge in [-0.1, -0.05) is 11.6 Å². The molecule has 1 unspecified atom stereocenters. The molecular weight excluding hydrogens is 246 g/mol. The van der Waals surface area contributed by atoms with E-state index in [9.17, 15) is 17.6 Å². The second kappa shape index (κ2) is 4.91. The summed E-state index contributed by atoms with van der Waals surface area (Å²) in [6.07, 6.45) is -5.18. The van der Waals surface area contributed by atoms with E-state index in [1.54, 1.807) is 0 Å². The molecule has 0 spiro atoms. The highest BCUT2D eigenvalue weighted by molar-refractivity contribution is 6.31. The van der Waals surface area contributed by atoms with Gasteiger partial charge in [-0.05, 0) is 25.1 Å². The van der Waals surface area contributed by atoms with Crippen molar-refractivity contribution >= 4 is 17.3 Å². The molecule has 0 aromatic heterocycles. The molecule has 6 heteroatoms. The second-order valence-electron chi connectivity index (χ2n) is 3.49. The number of alkyl halides is 3. The van der Waals surface area contributed by atoms with E-state index in [1.165, 1.54) is 19.1 Å². The van der Waals surface area contributed by atoms with Crippen molar-refractivity contribution in [2.45, 2.75) is 25.6 Å². The molecule has 1 nitrogen and oxygen atoms in total. The Labute approximate surface area is 95.4 Å². The fourth-order valence-electron chi connectivity index (χ4n) is 1.27. The van der Waals surface area contributed by atoms with Crippen molar-refractivity contribution in [1.82, 2.24) is 0 Å². The number of benzene rings is 1. The zero-order valence-electron chi connectivity index (χ0n) is 8.41. The molecule has 1 aromatic rings. The minimum atomic E-state index is -4.23. The van der Waals surface area contributed by atoms with E-state index in [-0.39, 0.29) is 5.02 Å². The quantitative estimate of drug-likeness (QED) is 0.797. The molecule has 0 heterocycles. The van der Waals surface area contributed by atoms with E-state index in [1.807, 2.05) is 0 Å². The van der Waals surface area contributed by atoms with Gasteiger partial charge in [0.05, 0.1) is 11.4 Å². The number of nitrogens with one attached hydrogen (secondary N) is 1. The van der Waals surface area contributed by atoms with Crippen LogP contribution in [-0.4, -0.2) is 12.2 Å². The van der Waals surface area contributed by atoms with Gasteiger partial charge < -0.3 is 5.32 Å². The summed E-state index contributed by atoms with van der Waals surface area (Å²) in [5.74, 6) is -0.601. The van der Waals surface area contributed by atoms with Crippen LogP contribution in [0.2, 0.25) is 5.02 Å². The van der Waals surface area contributed by atoms with Crippen molar-refractivity contribution < 1.29 is 17.6 Å². The Balaban J connectivity index is 2.63. The number of hydrogen-bond donors (Lipinski definition) is 1. The first-order chi connectivity index (χ1) is 7.28. The van der Waals surface area contributed by atoms with Gasteiger partial charge in [-0.25, -0.2) is 4.39 Å². The second-order valence-corrected chi connectivity index (χ2v) is 3.90. The van der Waals surface area contributed by atoms with E-state index in [0.717, 1.165) is 6.07 Å². The summed E-state index contributed by atoms with van der Waals surface area (Å²) in [5.41, 5.74) is 0.364. The van der Waals surface area contributed by atoms with Crippen molar-refractivity contribution in [3.8, 4) is 0 Å². The van der Waals surface area contributed by atoms with Crippen LogP contribution in [0.1, 0.15) is 13.3 Å². The Morgan fingerprint density at radius 1 is 1.38 bits per heavy atom. The number of halogens is 5. The molecule has 0 radical (unpaired) electrons. The van der Waals surface area contributed by atoms with Crippen LogP contribution in [0, 0.1) is 5.82 Å². The van der Waals surface area contributed by atoms with Crippen molar-refractivity contribution in [2.75, 3.05) is 5.32 Å². The lowest BCUT2D eigenvalue weighted by atomic mass is 10.2. The third-order valence-electron chi connectivity index (χ3n) is 1.87. The molecule has 1 N–H and O–H groups in total. The molecule has 0 aliphatic rings. The summed E-state index contributed by atoms with van der Waals surface area (Å²) in [5, 5.41) is 2.47. The molecule has 0 saturated carbocycles. The van der Waals surface area contributed by atoms with Crippen molar-refractivity contribution in [1.29, 1.82) is 0 Å². The highest BCUT2D eigenvalue weighted by Crippen LogP contribution is 2.25. The molecule has 0 saturated heterocycles. The summed E-state index contributed by atoms with van der Waals surface area (Å²) in [6, 6.07) is 2.91. The van der Waals surface area contributed by atoms with Gasteiger partial charge in [0.2, 0.25) is 0 Å². The summed E-state index contributed by atoms with van der Waals surface area (Å²) in [7, 11) is 0. The predicted octanol–water partition coefficient (Wildman–Crippen LogP) is 4.23. The van der Waals surface area contributed by atoms with Crippen LogP contribution in [0.15, 0.2) is 18.2 Å². The van der Waals surface area contributed by atoms with Gasteiger partial charge in [0.1, 0.15) is 5.82 Å². The van der Waals surface area contributed by atoms with Crippen LogP contribution >= 0.6 is 11.6 Å². The van der Waals surface area contributed by atoms with E-state index in [2.05, 4.69) is 5.32 Å². The monoisotopic (exact) mass is 255 g/mol. The maximum absolute atomic E-state index is 12.8. The highest BCUT2D eigenvalue weighted by Gasteiger charge is 2.29. The van der Waals surface area contributed by atoms with Crippen LogP contribution in [0.3, 0.4) is 0 Å². The first-order valence-electron chi connectivity index (χ1n) is 4.56. The molecule has 0 amide bonds. The minimum absolute atomic E-state index is 0.121. The average molecular weight is 256 g/mol. The Morgan fingerprint density at radius 3 is 2.50 bits per heavy atom. The number of hydrogen-bond acceptors (Lipinski definition) is 1. The molecule has 16 heavy (non-hydrogen) atoms. The maximum Gasteiger partial charge on any atom is 0.391 e. The number of anilines is 1. The van der Waals surface area contributed by atoms with E-state index in [4.69, 9.17) is 11.6 Å². The lowest BCUT2D eigenvalue weighted by molar-refractivity contribution is -0.136. The Hall–Kier alpha value is -0.970. The lowest BCUT2D eigenvalue weighted by Gasteiger charge is -2.17. The maximum atomic E-state index is 12.8. The summed E-state index contributed by atoms with van der Waals surface area (Å²) < 4.78 is 48.8. The molecule has 0 bridgehead atoms. The highest BCUT2D eigenvalue weighted by atomic mass is 35.5. The molecule has 1 atom stereocenters. The minimum Gasteiger partial charge on any atom is -0.382 e. The molecule has 90 valence electrons. The van der Waals surface area contributed by atoms with Gasteiger partial charge >= 0.3 is 6.18 Å². The lowest BCUT2D eigenvalue weighted by Crippen LogP contribution is -2.23. The zero-order chi connectivity index (χ0) is 12.3. The van der Waals surface area contributed by atoms with Crippen molar-refractivity contribution in [3.05, 3.63) is 29.0 Å². The Morgan fingerprint density at radius 2 is 2.00 bits per heavy atom. The molecular formula is C10H10ClF4N. The standard InChI is InChI=1S/C10H10ClF4N/c1-6(5-10(13,14)15)16-7-2-3-9(12)8(11)4-7/h2-4,6,16H,5H2,1H3. The fourth-order valence-corrected chi connectivity index (χ4v) is 1.45. The van der Waals surface area contributed by atoms with Crippen LogP contribution in [0.4, 0.5) is 23.2 Å². The Kier molecular flexibility index (Phi) is 4.02. The summed E-state index contributed by atoms with van der Waals surface area (Å²) in [4.78, 5) is 0. The van der Waals surface area contributed by atoms with Crippen LogP contribution < -0.4 is 5.32 Å². The first kappa shape index (κ1) is 13.1. The summed E-state index contributed by atoms with van der Waals surface area (Å²) >= 11 is 5.49. The fraction of sp³-hybridized carbons (Fsp3) is 0.400. The average Bonchev–Trinajstić information content (AvgIpc) is 2.08. The van der Waals surface area contributed by atoms with Gasteiger partial charge in [-0.15, -0.1) is 0 Å². The van der Waals surface area contributed by atoms with Crippen LogP contribution in [0.5, 0.6) is 0 Å². The molecule has 1 aromatic carbocycles. The largest absolute Gasteiger partial charge is 0.391 e. The Bertz CT molecular complexity index is 364. The van der Waals surface area contributed by atoms with Gasteiger partial charge in [0.25, 0.3) is 0 Å². The van der Waals surface area contributed by atoms with E-state index < -0.39 is 24.5 Å². The smallest absolute Gasteiger partial charge is 0.382 e. The van der Waals surface area contributed by atoms with E-state index >= 15 is 0 Å². The van der Waals surface area contributed by atoms with Gasteiger partial charge in [-0.2, -0.15) is 13.2 Å². The predicted molar refractivity (Wildman–Crippen MR) is 55.2 cm³/mol. The summed E-state index contributed by atoms with van der Waals surface area (Å²) in [6.45, 7) is 1.39. The third kappa shape index (κ3) is 4.26. The SMILES string of the molecule is CC(CC(F)(F)F)Nc1ccc(F)c(Cl)c1. The first-order valence-corrected chi connectivity index (χ1v) is 4.94. The number of rotatable bonds is 3. The normalized spacial score (nSPS) is 13.6. The molecule has 0 aliphatic heterocycles. The molecule has 0 aliphatic carbocycles. The van der Waals surface area contributed by atoms with Crippen LogP contribution in [-0.2, 0) is 0 Å².